The van der Waals surface area contributed by atoms with Gasteiger partial charge in [-0.1, -0.05) is 0 Å². The van der Waals surface area contributed by atoms with Crippen molar-refractivity contribution >= 4 is 0 Å². The fourth-order valence-electron chi connectivity index (χ4n) is 5.86. The molecule has 0 saturated heterocycles. The number of hydrogen-bond acceptors (Lipinski definition) is 3. The summed E-state index contributed by atoms with van der Waals surface area (Å²) in [4.78, 5) is 0. The van der Waals surface area contributed by atoms with Crippen LogP contribution in [-0.4, -0.2) is 15.3 Å². The largest absolute Gasteiger partial charge is 0.504 e. The highest BCUT2D eigenvalue weighted by atomic mass is 16.3. The summed E-state index contributed by atoms with van der Waals surface area (Å²) in [7, 11) is 0. The fourth-order valence-corrected chi connectivity index (χ4v) is 5.86. The van der Waals surface area contributed by atoms with Crippen LogP contribution in [0.25, 0.3) is 0 Å². The molecule has 4 bridgehead atoms. The molecule has 0 unspecified atom stereocenters. The smallest absolute Gasteiger partial charge is 0.200 e. The highest BCUT2D eigenvalue weighted by Crippen LogP contribution is 2.63. The molecule has 4 aliphatic rings. The molecule has 0 atom stereocenters. The van der Waals surface area contributed by atoms with Gasteiger partial charge in [0.15, 0.2) is 11.5 Å². The van der Waals surface area contributed by atoms with E-state index in [0.29, 0.717) is 0 Å². The molecular formula is C17H22O3. The Morgan fingerprint density at radius 3 is 1.90 bits per heavy atom. The number of benzene rings is 1. The van der Waals surface area contributed by atoms with E-state index < -0.39 is 0 Å². The molecule has 3 N–H and O–H groups in total. The van der Waals surface area contributed by atoms with Gasteiger partial charge in [0.2, 0.25) is 5.75 Å². The third-order valence-corrected chi connectivity index (χ3v) is 6.02. The van der Waals surface area contributed by atoms with E-state index in [1.807, 2.05) is 6.92 Å². The van der Waals surface area contributed by atoms with Crippen LogP contribution in [0.4, 0.5) is 0 Å². The molecule has 1 aromatic rings. The molecule has 0 aliphatic heterocycles. The van der Waals surface area contributed by atoms with E-state index in [-0.39, 0.29) is 22.7 Å². The van der Waals surface area contributed by atoms with Crippen LogP contribution in [0.2, 0.25) is 0 Å². The molecule has 3 nitrogen and oxygen atoms in total. The van der Waals surface area contributed by atoms with Crippen LogP contribution >= 0.6 is 0 Å². The molecule has 0 heterocycles. The quantitative estimate of drug-likeness (QED) is 0.686. The van der Waals surface area contributed by atoms with E-state index in [9.17, 15) is 15.3 Å². The zero-order valence-corrected chi connectivity index (χ0v) is 11.9. The molecule has 0 aromatic heterocycles. The zero-order valence-electron chi connectivity index (χ0n) is 11.9. The molecular weight excluding hydrogens is 252 g/mol. The van der Waals surface area contributed by atoms with Crippen molar-refractivity contribution in [3.05, 3.63) is 17.2 Å². The number of phenolic OH excluding ortho intramolecular Hbond substituents is 3. The van der Waals surface area contributed by atoms with Crippen molar-refractivity contribution in [1.29, 1.82) is 0 Å². The average Bonchev–Trinajstić information content (AvgIpc) is 2.34. The lowest BCUT2D eigenvalue weighted by atomic mass is 9.47. The minimum absolute atomic E-state index is 0.0358. The van der Waals surface area contributed by atoms with Gasteiger partial charge in [-0.05, 0) is 74.8 Å². The SMILES string of the molecule is Cc1cc(O)c(O)c(O)c1C12CC3CC(CC(C3)C1)C2. The normalized spacial score (nSPS) is 38.4. The Hall–Kier alpha value is -1.38. The monoisotopic (exact) mass is 274 g/mol. The Labute approximate surface area is 119 Å². The van der Waals surface area contributed by atoms with Gasteiger partial charge >= 0.3 is 0 Å². The maximum absolute atomic E-state index is 10.4. The second-order valence-electron chi connectivity index (χ2n) is 7.48. The molecule has 4 fully saturated rings. The standard InChI is InChI=1S/C17H22O3/c1-9-2-13(18)15(19)16(20)14(9)17-6-10-3-11(7-17)5-12(4-10)8-17/h2,10-12,18-20H,3-8H2,1H3. The fraction of sp³-hybridized carbons (Fsp3) is 0.647. The summed E-state index contributed by atoms with van der Waals surface area (Å²) in [6.45, 7) is 1.94. The predicted octanol–water partition coefficient (Wildman–Crippen LogP) is 3.58. The van der Waals surface area contributed by atoms with Gasteiger partial charge in [0, 0.05) is 11.0 Å². The molecule has 4 saturated carbocycles. The second-order valence-corrected chi connectivity index (χ2v) is 7.48. The van der Waals surface area contributed by atoms with Gasteiger partial charge in [0.1, 0.15) is 0 Å². The summed E-state index contributed by atoms with van der Waals surface area (Å²) in [5.74, 6) is 1.72. The summed E-state index contributed by atoms with van der Waals surface area (Å²) in [5.41, 5.74) is 1.86. The molecule has 20 heavy (non-hydrogen) atoms. The molecule has 3 heteroatoms. The van der Waals surface area contributed by atoms with Crippen molar-refractivity contribution in [2.75, 3.05) is 0 Å². The minimum Gasteiger partial charge on any atom is -0.504 e. The van der Waals surface area contributed by atoms with Gasteiger partial charge in [0.05, 0.1) is 0 Å². The molecule has 1 aromatic carbocycles. The van der Waals surface area contributed by atoms with E-state index in [1.165, 1.54) is 19.3 Å². The molecule has 0 radical (unpaired) electrons. The Morgan fingerprint density at radius 1 is 0.900 bits per heavy atom. The third kappa shape index (κ3) is 1.52. The van der Waals surface area contributed by atoms with Crippen molar-refractivity contribution in [3.8, 4) is 17.2 Å². The molecule has 5 rings (SSSR count). The van der Waals surface area contributed by atoms with Crippen LogP contribution in [0, 0.1) is 24.7 Å². The summed E-state index contributed by atoms with van der Waals surface area (Å²) in [6.07, 6.45) is 7.46. The van der Waals surface area contributed by atoms with E-state index in [2.05, 4.69) is 0 Å². The maximum atomic E-state index is 10.4. The van der Waals surface area contributed by atoms with Gasteiger partial charge in [-0.2, -0.15) is 0 Å². The van der Waals surface area contributed by atoms with Crippen LogP contribution in [0.15, 0.2) is 6.07 Å². The summed E-state index contributed by atoms with van der Waals surface area (Å²) in [6, 6.07) is 1.60. The van der Waals surface area contributed by atoms with Crippen molar-refractivity contribution < 1.29 is 15.3 Å². The topological polar surface area (TPSA) is 60.7 Å². The second kappa shape index (κ2) is 3.84. The first-order valence-electron chi connectivity index (χ1n) is 7.73. The number of rotatable bonds is 1. The van der Waals surface area contributed by atoms with Gasteiger partial charge in [-0.25, -0.2) is 0 Å². The van der Waals surface area contributed by atoms with E-state index in [1.54, 1.807) is 6.07 Å². The number of phenols is 3. The highest BCUT2D eigenvalue weighted by Gasteiger charge is 2.53. The number of aromatic hydroxyl groups is 3. The average molecular weight is 274 g/mol. The van der Waals surface area contributed by atoms with E-state index >= 15 is 0 Å². The Morgan fingerprint density at radius 2 is 1.40 bits per heavy atom. The Balaban J connectivity index is 1.87. The van der Waals surface area contributed by atoms with Gasteiger partial charge < -0.3 is 15.3 Å². The van der Waals surface area contributed by atoms with Crippen LogP contribution < -0.4 is 0 Å². The Bertz CT molecular complexity index is 541. The molecule has 0 amide bonds. The van der Waals surface area contributed by atoms with E-state index in [4.69, 9.17) is 0 Å². The van der Waals surface area contributed by atoms with Crippen LogP contribution in [0.1, 0.15) is 49.7 Å². The van der Waals surface area contributed by atoms with Crippen LogP contribution in [-0.2, 0) is 5.41 Å². The Kier molecular flexibility index (Phi) is 2.37. The van der Waals surface area contributed by atoms with Crippen LogP contribution in [0.3, 0.4) is 0 Å². The first-order valence-corrected chi connectivity index (χ1v) is 7.73. The summed E-state index contributed by atoms with van der Waals surface area (Å²) in [5, 5.41) is 30.0. The first kappa shape index (κ1) is 12.4. The van der Waals surface area contributed by atoms with Crippen molar-refractivity contribution in [3.63, 3.8) is 0 Å². The zero-order chi connectivity index (χ0) is 14.1. The van der Waals surface area contributed by atoms with Crippen molar-refractivity contribution in [2.24, 2.45) is 17.8 Å². The third-order valence-electron chi connectivity index (χ3n) is 6.02. The number of hydrogen-bond donors (Lipinski definition) is 3. The van der Waals surface area contributed by atoms with E-state index in [0.717, 1.165) is 48.1 Å². The van der Waals surface area contributed by atoms with Crippen LogP contribution in [0.5, 0.6) is 17.2 Å². The predicted molar refractivity (Wildman–Crippen MR) is 76.0 cm³/mol. The van der Waals surface area contributed by atoms with Crippen molar-refractivity contribution in [1.82, 2.24) is 0 Å². The maximum Gasteiger partial charge on any atom is 0.200 e. The first-order chi connectivity index (χ1) is 9.48. The highest BCUT2D eigenvalue weighted by molar-refractivity contribution is 5.59. The molecule has 0 spiro atoms. The lowest BCUT2D eigenvalue weighted by Crippen LogP contribution is -2.48. The van der Waals surface area contributed by atoms with Gasteiger partial charge in [-0.15, -0.1) is 0 Å². The van der Waals surface area contributed by atoms with Gasteiger partial charge in [0.25, 0.3) is 0 Å². The van der Waals surface area contributed by atoms with Crippen molar-refractivity contribution in [2.45, 2.75) is 50.9 Å². The van der Waals surface area contributed by atoms with Gasteiger partial charge in [-0.3, -0.25) is 0 Å². The molecule has 4 aliphatic carbocycles. The lowest BCUT2D eigenvalue weighted by molar-refractivity contribution is -0.00658. The minimum atomic E-state index is -0.346. The summed E-state index contributed by atoms with van der Waals surface area (Å²) < 4.78 is 0. The lowest BCUT2D eigenvalue weighted by Gasteiger charge is -2.57. The molecule has 108 valence electrons. The summed E-state index contributed by atoms with van der Waals surface area (Å²) >= 11 is 0. The number of aryl methyl sites for hydroxylation is 1.